The molecule has 6 heteroatoms. The highest BCUT2D eigenvalue weighted by atomic mass is 16.5. The predicted octanol–water partition coefficient (Wildman–Crippen LogP) is 2.98. The van der Waals surface area contributed by atoms with Crippen molar-refractivity contribution in [1.82, 2.24) is 0 Å². The molecule has 0 saturated carbocycles. The summed E-state index contributed by atoms with van der Waals surface area (Å²) in [5, 5.41) is 15.2. The van der Waals surface area contributed by atoms with Gasteiger partial charge < -0.3 is 19.7 Å². The molecule has 0 unspecified atom stereocenters. The summed E-state index contributed by atoms with van der Waals surface area (Å²) in [6.45, 7) is 4.25. The first-order valence-electron chi connectivity index (χ1n) is 9.44. The van der Waals surface area contributed by atoms with Gasteiger partial charge in [0.05, 0.1) is 26.4 Å². The monoisotopic (exact) mass is 360 g/mol. The fraction of sp³-hybridized carbons (Fsp3) is 0.895. The first-order chi connectivity index (χ1) is 11.9. The third-order valence-electron chi connectivity index (χ3n) is 3.86. The lowest BCUT2D eigenvalue weighted by molar-refractivity contribution is -0.152. The third-order valence-corrected chi connectivity index (χ3v) is 3.86. The molecule has 0 radical (unpaired) electrons. The number of carbonyl (C=O) groups is 2. The van der Waals surface area contributed by atoms with E-state index in [0.29, 0.717) is 26.1 Å². The van der Waals surface area contributed by atoms with Gasteiger partial charge in [0, 0.05) is 18.3 Å². The number of carbonyl (C=O) groups excluding carboxylic acids is 2. The Balaban J connectivity index is 0.00000129. The van der Waals surface area contributed by atoms with Gasteiger partial charge in [0.2, 0.25) is 0 Å². The molecule has 1 fully saturated rings. The van der Waals surface area contributed by atoms with E-state index in [4.69, 9.17) is 19.7 Å². The lowest BCUT2D eigenvalue weighted by atomic mass is 9.96. The second-order valence-corrected chi connectivity index (χ2v) is 7.26. The van der Waals surface area contributed by atoms with Gasteiger partial charge in [-0.05, 0) is 12.8 Å². The summed E-state index contributed by atoms with van der Waals surface area (Å²) in [6.07, 6.45) is 9.80. The molecule has 0 amide bonds. The van der Waals surface area contributed by atoms with Gasteiger partial charge in [0.1, 0.15) is 0 Å². The molecule has 0 atom stereocenters. The molecule has 148 valence electrons. The van der Waals surface area contributed by atoms with Crippen LogP contribution in [0.4, 0.5) is 0 Å². The molecular formula is C19H36O6. The number of cyclic esters (lactones) is 2. The van der Waals surface area contributed by atoms with Crippen LogP contribution in [-0.4, -0.2) is 48.6 Å². The van der Waals surface area contributed by atoms with Crippen LogP contribution in [0.2, 0.25) is 0 Å². The quantitative estimate of drug-likeness (QED) is 0.698. The smallest absolute Gasteiger partial charge is 0.305 e. The second-order valence-electron chi connectivity index (χ2n) is 7.26. The number of hydrogen-bond acceptors (Lipinski definition) is 6. The molecule has 0 bridgehead atoms. The number of rotatable bonds is 1. The largest absolute Gasteiger partial charge is 0.465 e. The average Bonchev–Trinajstić information content (AvgIpc) is 2.59. The summed E-state index contributed by atoms with van der Waals surface area (Å²) >= 11 is 0. The van der Waals surface area contributed by atoms with Crippen LogP contribution in [0.1, 0.15) is 78.1 Å². The molecular weight excluding hydrogens is 324 g/mol. The van der Waals surface area contributed by atoms with Crippen LogP contribution in [0.3, 0.4) is 0 Å². The van der Waals surface area contributed by atoms with Crippen molar-refractivity contribution in [2.75, 3.05) is 26.4 Å². The van der Waals surface area contributed by atoms with Crippen molar-refractivity contribution in [3.05, 3.63) is 0 Å². The number of esters is 2. The minimum absolute atomic E-state index is 0.125. The summed E-state index contributed by atoms with van der Waals surface area (Å²) in [6, 6.07) is 0. The van der Waals surface area contributed by atoms with Gasteiger partial charge in [0.15, 0.2) is 0 Å². The Morgan fingerprint density at radius 2 is 1.04 bits per heavy atom. The zero-order chi connectivity index (χ0) is 19.0. The number of hydrogen-bond donors (Lipinski definition) is 2. The Morgan fingerprint density at radius 3 is 1.36 bits per heavy atom. The molecule has 6 nitrogen and oxygen atoms in total. The van der Waals surface area contributed by atoms with Crippen molar-refractivity contribution in [3.63, 3.8) is 0 Å². The molecule has 1 aliphatic rings. The van der Waals surface area contributed by atoms with Crippen molar-refractivity contribution in [2.45, 2.75) is 78.1 Å². The first kappa shape index (κ1) is 23.9. The van der Waals surface area contributed by atoms with Gasteiger partial charge >= 0.3 is 11.9 Å². The topological polar surface area (TPSA) is 93.1 Å². The SMILES string of the molecule is CC1(C)COC(=O)CCCCCCCCCCC(=O)OC1.OCCO. The zero-order valence-electron chi connectivity index (χ0n) is 15.9. The fourth-order valence-electron chi connectivity index (χ4n) is 2.34. The Labute approximate surface area is 151 Å². The molecule has 0 aromatic rings. The van der Waals surface area contributed by atoms with E-state index in [2.05, 4.69) is 0 Å². The Morgan fingerprint density at radius 1 is 0.720 bits per heavy atom. The molecule has 0 aromatic carbocycles. The molecule has 1 heterocycles. The maximum Gasteiger partial charge on any atom is 0.305 e. The van der Waals surface area contributed by atoms with E-state index in [9.17, 15) is 9.59 Å². The second kappa shape index (κ2) is 15.1. The van der Waals surface area contributed by atoms with Crippen molar-refractivity contribution < 1.29 is 29.3 Å². The minimum Gasteiger partial charge on any atom is -0.465 e. The number of aliphatic hydroxyl groups excluding tert-OH is 2. The predicted molar refractivity (Wildman–Crippen MR) is 96.0 cm³/mol. The van der Waals surface area contributed by atoms with Crippen LogP contribution >= 0.6 is 0 Å². The summed E-state index contributed by atoms with van der Waals surface area (Å²) in [7, 11) is 0. The van der Waals surface area contributed by atoms with Gasteiger partial charge in [-0.2, -0.15) is 0 Å². The Bertz CT molecular complexity index is 322. The van der Waals surface area contributed by atoms with Crippen LogP contribution < -0.4 is 0 Å². The molecule has 0 aliphatic carbocycles. The summed E-state index contributed by atoms with van der Waals surface area (Å²) < 4.78 is 10.6. The maximum absolute atomic E-state index is 11.7. The highest BCUT2D eigenvalue weighted by molar-refractivity contribution is 5.69. The third kappa shape index (κ3) is 16.1. The van der Waals surface area contributed by atoms with Gasteiger partial charge in [-0.15, -0.1) is 0 Å². The van der Waals surface area contributed by atoms with E-state index in [0.717, 1.165) is 25.7 Å². The van der Waals surface area contributed by atoms with E-state index < -0.39 is 0 Å². The van der Waals surface area contributed by atoms with Gasteiger partial charge in [-0.3, -0.25) is 9.59 Å². The lowest BCUT2D eigenvalue weighted by Gasteiger charge is -2.23. The Hall–Kier alpha value is -1.14. The number of aliphatic hydroxyl groups is 2. The van der Waals surface area contributed by atoms with Crippen LogP contribution in [-0.2, 0) is 19.1 Å². The molecule has 0 spiro atoms. The molecule has 1 rings (SSSR count). The van der Waals surface area contributed by atoms with Crippen molar-refractivity contribution >= 4 is 11.9 Å². The van der Waals surface area contributed by atoms with E-state index >= 15 is 0 Å². The Kier molecular flexibility index (Phi) is 14.5. The summed E-state index contributed by atoms with van der Waals surface area (Å²) in [5.41, 5.74) is -0.320. The normalized spacial score (nSPS) is 21.1. The average molecular weight is 360 g/mol. The highest BCUT2D eigenvalue weighted by Crippen LogP contribution is 2.18. The van der Waals surface area contributed by atoms with Gasteiger partial charge in [0.25, 0.3) is 0 Å². The van der Waals surface area contributed by atoms with Crippen LogP contribution in [0.25, 0.3) is 0 Å². The van der Waals surface area contributed by atoms with E-state index in [1.807, 2.05) is 13.8 Å². The molecule has 1 aliphatic heterocycles. The van der Waals surface area contributed by atoms with Crippen LogP contribution in [0.15, 0.2) is 0 Å². The van der Waals surface area contributed by atoms with E-state index in [1.165, 1.54) is 25.7 Å². The van der Waals surface area contributed by atoms with E-state index in [1.54, 1.807) is 0 Å². The fourth-order valence-corrected chi connectivity index (χ4v) is 2.34. The lowest BCUT2D eigenvalue weighted by Crippen LogP contribution is -2.28. The first-order valence-corrected chi connectivity index (χ1v) is 9.44. The summed E-state index contributed by atoms with van der Waals surface area (Å²) in [4.78, 5) is 23.3. The van der Waals surface area contributed by atoms with Crippen molar-refractivity contribution in [1.29, 1.82) is 0 Å². The number of ether oxygens (including phenoxy) is 2. The maximum atomic E-state index is 11.7. The highest BCUT2D eigenvalue weighted by Gasteiger charge is 2.22. The van der Waals surface area contributed by atoms with Crippen molar-refractivity contribution in [3.8, 4) is 0 Å². The standard InChI is InChI=1S/C17H30O4.C2H6O2/c1-17(2)13-20-15(18)11-9-7-5-3-4-6-8-10-12-16(19)21-14-17;3-1-2-4/h3-14H2,1-2H3;3-4H,1-2H2. The van der Waals surface area contributed by atoms with E-state index in [-0.39, 0.29) is 30.6 Å². The molecule has 2 N–H and O–H groups in total. The molecule has 1 saturated heterocycles. The van der Waals surface area contributed by atoms with Crippen molar-refractivity contribution in [2.24, 2.45) is 5.41 Å². The summed E-state index contributed by atoms with van der Waals surface area (Å²) in [5.74, 6) is -0.280. The molecule has 0 aromatic heterocycles. The molecule has 25 heavy (non-hydrogen) atoms. The van der Waals surface area contributed by atoms with Gasteiger partial charge in [-0.1, -0.05) is 52.4 Å². The minimum atomic E-state index is -0.320. The van der Waals surface area contributed by atoms with Crippen LogP contribution in [0, 0.1) is 5.41 Å². The van der Waals surface area contributed by atoms with Gasteiger partial charge in [-0.25, -0.2) is 0 Å². The zero-order valence-corrected chi connectivity index (χ0v) is 15.9. The van der Waals surface area contributed by atoms with Crippen LogP contribution in [0.5, 0.6) is 0 Å².